The molecule has 1 aliphatic heterocycles. The van der Waals surface area contributed by atoms with E-state index in [9.17, 15) is 4.79 Å². The number of nitrogens with zero attached hydrogens (tertiary/aromatic N) is 6. The van der Waals surface area contributed by atoms with Gasteiger partial charge in [0.05, 0.1) is 22.1 Å². The number of carbonyl (C=O) groups is 1. The molecule has 1 aliphatic rings. The highest BCUT2D eigenvalue weighted by atomic mass is 32.1. The zero-order valence-corrected chi connectivity index (χ0v) is 22.1. The van der Waals surface area contributed by atoms with Gasteiger partial charge in [-0.3, -0.25) is 9.89 Å². The molecule has 1 atom stereocenters. The van der Waals surface area contributed by atoms with Gasteiger partial charge in [-0.05, 0) is 55.2 Å². The van der Waals surface area contributed by atoms with E-state index in [2.05, 4.69) is 52.2 Å². The average Bonchev–Trinajstić information content (AvgIpc) is 3.67. The number of H-pyrrole nitrogens is 1. The number of hydrogen-bond donors (Lipinski definition) is 3. The molecule has 4 aromatic heterocycles. The number of thiazole rings is 1. The van der Waals surface area contributed by atoms with E-state index in [4.69, 9.17) is 15.1 Å². The molecule has 11 heteroatoms. The van der Waals surface area contributed by atoms with E-state index in [0.717, 1.165) is 63.7 Å². The number of amides is 1. The second-order valence-corrected chi connectivity index (χ2v) is 10.8. The first-order valence-corrected chi connectivity index (χ1v) is 13.5. The summed E-state index contributed by atoms with van der Waals surface area (Å²) in [6.07, 6.45) is 7.08. The van der Waals surface area contributed by atoms with Gasteiger partial charge >= 0.3 is 0 Å². The summed E-state index contributed by atoms with van der Waals surface area (Å²) >= 11 is 1.67. The molecular weight excluding hydrogens is 498 g/mol. The molecule has 0 radical (unpaired) electrons. The van der Waals surface area contributed by atoms with Gasteiger partial charge in [-0.25, -0.2) is 9.50 Å². The van der Waals surface area contributed by atoms with Crippen LogP contribution in [0.3, 0.4) is 0 Å². The molecule has 0 spiro atoms. The maximum absolute atomic E-state index is 11.7. The number of benzene rings is 1. The lowest BCUT2D eigenvalue weighted by molar-refractivity contribution is -0.111. The second kappa shape index (κ2) is 9.90. The van der Waals surface area contributed by atoms with Gasteiger partial charge in [0, 0.05) is 42.1 Å². The molecule has 5 aromatic rings. The Morgan fingerprint density at radius 3 is 2.95 bits per heavy atom. The Morgan fingerprint density at radius 1 is 1.26 bits per heavy atom. The smallest absolute Gasteiger partial charge is 0.247 e. The molecule has 1 amide bonds. The Morgan fingerprint density at radius 2 is 2.16 bits per heavy atom. The van der Waals surface area contributed by atoms with Crippen molar-refractivity contribution in [2.75, 3.05) is 28.6 Å². The number of rotatable bonds is 7. The zero-order valence-electron chi connectivity index (χ0n) is 21.3. The summed E-state index contributed by atoms with van der Waals surface area (Å²) in [6, 6.07) is 10.1. The van der Waals surface area contributed by atoms with Crippen molar-refractivity contribution < 1.29 is 4.79 Å². The summed E-state index contributed by atoms with van der Waals surface area (Å²) in [6.45, 7) is 9.60. The van der Waals surface area contributed by atoms with E-state index in [1.807, 2.05) is 41.2 Å². The van der Waals surface area contributed by atoms with Crippen LogP contribution in [0.15, 0.2) is 55.4 Å². The summed E-state index contributed by atoms with van der Waals surface area (Å²) in [4.78, 5) is 23.6. The van der Waals surface area contributed by atoms with Gasteiger partial charge in [-0.2, -0.15) is 10.1 Å². The van der Waals surface area contributed by atoms with Crippen molar-refractivity contribution in [3.8, 4) is 11.1 Å². The zero-order chi connectivity index (χ0) is 26.2. The normalized spacial score (nSPS) is 15.9. The molecule has 6 rings (SSSR count). The van der Waals surface area contributed by atoms with Gasteiger partial charge in [0.25, 0.3) is 0 Å². The van der Waals surface area contributed by atoms with Crippen molar-refractivity contribution >= 4 is 49.9 Å². The van der Waals surface area contributed by atoms with Crippen molar-refractivity contribution in [2.24, 2.45) is 0 Å². The standard InChI is InChI=1S/C27H29N9OS/c1-4-24(37)30-18-7-9-22-21(12-18)32-27(38-22)35-11-5-6-19(15-35)31-26-33-23-10-8-20(17-13-28-29-14-17)25(16(2)3)36(23)34-26/h4,7-10,12-14,16,19H,1,5-6,11,15H2,2-3H3,(H,28,29)(H,30,37)(H,31,34). The van der Waals surface area contributed by atoms with Crippen molar-refractivity contribution in [3.63, 3.8) is 0 Å². The predicted molar refractivity (Wildman–Crippen MR) is 152 cm³/mol. The lowest BCUT2D eigenvalue weighted by atomic mass is 10.00. The maximum Gasteiger partial charge on any atom is 0.247 e. The van der Waals surface area contributed by atoms with Gasteiger partial charge in [0.1, 0.15) is 0 Å². The molecule has 194 valence electrons. The first-order chi connectivity index (χ1) is 18.5. The number of hydrogen-bond acceptors (Lipinski definition) is 8. The molecule has 5 heterocycles. The number of anilines is 3. The summed E-state index contributed by atoms with van der Waals surface area (Å²) in [5.41, 5.74) is 5.65. The number of pyridine rings is 1. The Hall–Kier alpha value is -4.25. The van der Waals surface area contributed by atoms with Crippen LogP contribution in [-0.2, 0) is 4.79 Å². The molecule has 1 saturated heterocycles. The van der Waals surface area contributed by atoms with Crippen LogP contribution in [0.2, 0.25) is 0 Å². The molecule has 38 heavy (non-hydrogen) atoms. The van der Waals surface area contributed by atoms with E-state index in [1.54, 1.807) is 11.3 Å². The fourth-order valence-corrected chi connectivity index (χ4v) is 5.98. The van der Waals surface area contributed by atoms with Crippen molar-refractivity contribution in [1.82, 2.24) is 29.8 Å². The van der Waals surface area contributed by atoms with Crippen LogP contribution in [0.25, 0.3) is 27.0 Å². The fourth-order valence-electron chi connectivity index (χ4n) is 5.00. The number of aromatic amines is 1. The number of piperidine rings is 1. The molecule has 0 aliphatic carbocycles. The minimum atomic E-state index is -0.233. The molecule has 3 N–H and O–H groups in total. The average molecular weight is 528 g/mol. The Kier molecular flexibility index (Phi) is 6.28. The maximum atomic E-state index is 11.7. The van der Waals surface area contributed by atoms with E-state index in [-0.39, 0.29) is 17.9 Å². The molecule has 10 nitrogen and oxygen atoms in total. The van der Waals surface area contributed by atoms with Crippen LogP contribution < -0.4 is 15.5 Å². The topological polar surface area (TPSA) is 116 Å². The number of nitrogens with one attached hydrogen (secondary N) is 3. The molecular formula is C27H29N9OS. The van der Waals surface area contributed by atoms with Crippen LogP contribution in [0.5, 0.6) is 0 Å². The number of aromatic nitrogens is 6. The molecule has 1 fully saturated rings. The Balaban J connectivity index is 1.22. The van der Waals surface area contributed by atoms with Gasteiger partial charge in [-0.1, -0.05) is 31.8 Å². The van der Waals surface area contributed by atoms with Crippen LogP contribution in [0.1, 0.15) is 38.3 Å². The van der Waals surface area contributed by atoms with E-state index >= 15 is 0 Å². The third-order valence-electron chi connectivity index (χ3n) is 6.75. The largest absolute Gasteiger partial charge is 0.348 e. The van der Waals surface area contributed by atoms with Gasteiger partial charge < -0.3 is 15.5 Å². The van der Waals surface area contributed by atoms with Crippen molar-refractivity contribution in [2.45, 2.75) is 38.6 Å². The van der Waals surface area contributed by atoms with E-state index in [1.165, 1.54) is 6.08 Å². The van der Waals surface area contributed by atoms with Crippen LogP contribution in [0.4, 0.5) is 16.8 Å². The third-order valence-corrected chi connectivity index (χ3v) is 7.84. The Bertz CT molecular complexity index is 1620. The lowest BCUT2D eigenvalue weighted by Crippen LogP contribution is -2.42. The number of carbonyl (C=O) groups excluding carboxylic acids is 1. The van der Waals surface area contributed by atoms with Gasteiger partial charge in [-0.15, -0.1) is 5.10 Å². The minimum absolute atomic E-state index is 0.200. The summed E-state index contributed by atoms with van der Waals surface area (Å²) in [5.74, 6) is 0.659. The molecule has 0 saturated carbocycles. The highest BCUT2D eigenvalue weighted by Gasteiger charge is 2.24. The highest BCUT2D eigenvalue weighted by Crippen LogP contribution is 2.33. The molecule has 1 aromatic carbocycles. The minimum Gasteiger partial charge on any atom is -0.348 e. The van der Waals surface area contributed by atoms with Gasteiger partial charge in [0.15, 0.2) is 10.8 Å². The summed E-state index contributed by atoms with van der Waals surface area (Å²) < 4.78 is 3.04. The fraction of sp³-hybridized carbons (Fsp3) is 0.296. The molecule has 0 bridgehead atoms. The summed E-state index contributed by atoms with van der Waals surface area (Å²) in [5, 5.41) is 19.2. The van der Waals surface area contributed by atoms with Gasteiger partial charge in [0.2, 0.25) is 11.9 Å². The lowest BCUT2D eigenvalue weighted by Gasteiger charge is -2.32. The second-order valence-electron chi connectivity index (χ2n) is 9.78. The first kappa shape index (κ1) is 24.1. The van der Waals surface area contributed by atoms with Crippen LogP contribution >= 0.6 is 11.3 Å². The predicted octanol–water partition coefficient (Wildman–Crippen LogP) is 5.06. The molecule has 1 unspecified atom stereocenters. The van der Waals surface area contributed by atoms with E-state index in [0.29, 0.717) is 11.6 Å². The quantitative estimate of drug-likeness (QED) is 0.253. The summed E-state index contributed by atoms with van der Waals surface area (Å²) in [7, 11) is 0. The van der Waals surface area contributed by atoms with Crippen LogP contribution in [-0.4, -0.2) is 54.8 Å². The number of fused-ring (bicyclic) bond motifs is 2. The van der Waals surface area contributed by atoms with Crippen molar-refractivity contribution in [1.29, 1.82) is 0 Å². The van der Waals surface area contributed by atoms with Crippen molar-refractivity contribution in [3.05, 3.63) is 61.1 Å². The van der Waals surface area contributed by atoms with Crippen LogP contribution in [0, 0.1) is 0 Å². The SMILES string of the molecule is C=CC(=O)Nc1ccc2sc(N3CCCC(Nc4nc5ccc(-c6cn[nH]c6)c(C(C)C)n5n4)C3)nc2c1. The van der Waals surface area contributed by atoms with E-state index < -0.39 is 0 Å². The highest BCUT2D eigenvalue weighted by molar-refractivity contribution is 7.22. The third kappa shape index (κ3) is 4.60. The monoisotopic (exact) mass is 527 g/mol. The first-order valence-electron chi connectivity index (χ1n) is 12.7. The Labute approximate surface area is 223 Å².